The van der Waals surface area contributed by atoms with E-state index < -0.39 is 17.7 Å². The molecule has 0 atom stereocenters. The first-order chi connectivity index (χ1) is 13.0. The number of benzene rings is 1. The molecule has 150 valence electrons. The van der Waals surface area contributed by atoms with Crippen molar-refractivity contribution in [1.82, 2.24) is 9.88 Å². The van der Waals surface area contributed by atoms with Crippen LogP contribution in [-0.4, -0.2) is 41.7 Å². The molecule has 2 aromatic rings. The molecule has 0 unspecified atom stereocenters. The monoisotopic (exact) mass is 404 g/mol. The van der Waals surface area contributed by atoms with E-state index in [1.807, 2.05) is 39.8 Å². The van der Waals surface area contributed by atoms with Crippen molar-refractivity contribution < 1.29 is 19.1 Å². The molecule has 0 aliphatic carbocycles. The number of aromatic nitrogens is 1. The number of hydrogen-bond acceptors (Lipinski definition) is 5. The van der Waals surface area contributed by atoms with E-state index in [4.69, 9.17) is 21.1 Å². The molecule has 0 aliphatic rings. The zero-order valence-electron chi connectivity index (χ0n) is 17.0. The predicted octanol–water partition coefficient (Wildman–Crippen LogP) is 4.86. The highest BCUT2D eigenvalue weighted by Gasteiger charge is 2.22. The van der Waals surface area contributed by atoms with Crippen LogP contribution in [0.4, 0.5) is 4.79 Å². The van der Waals surface area contributed by atoms with Gasteiger partial charge in [0, 0.05) is 30.4 Å². The largest absolute Gasteiger partial charge is 0.464 e. The molecule has 1 aromatic carbocycles. The lowest BCUT2D eigenvalue weighted by Crippen LogP contribution is -2.33. The normalized spacial score (nSPS) is 11.1. The Balaban J connectivity index is 2.48. The molecule has 1 aromatic heterocycles. The molecule has 1 heterocycles. The molecule has 28 heavy (non-hydrogen) atoms. The maximum absolute atomic E-state index is 12.3. The Labute approximate surface area is 170 Å². The number of halogens is 1. The van der Waals surface area contributed by atoms with Crippen LogP contribution in [0.15, 0.2) is 30.5 Å². The number of esters is 1. The molecule has 0 bridgehead atoms. The number of pyridine rings is 1. The minimum absolute atomic E-state index is 0.191. The highest BCUT2D eigenvalue weighted by Crippen LogP contribution is 2.31. The topological polar surface area (TPSA) is 68.7 Å². The lowest BCUT2D eigenvalue weighted by molar-refractivity contribution is 0.0285. The molecule has 0 radical (unpaired) electrons. The molecule has 0 fully saturated rings. The molecule has 7 heteroatoms. The second kappa shape index (κ2) is 8.61. The van der Waals surface area contributed by atoms with Gasteiger partial charge in [0.15, 0.2) is 5.69 Å². The first-order valence-electron chi connectivity index (χ1n) is 8.79. The fourth-order valence-electron chi connectivity index (χ4n) is 2.63. The van der Waals surface area contributed by atoms with Crippen molar-refractivity contribution in [3.8, 4) is 11.1 Å². The van der Waals surface area contributed by atoms with E-state index in [-0.39, 0.29) is 12.2 Å². The first-order valence-corrected chi connectivity index (χ1v) is 9.17. The quantitative estimate of drug-likeness (QED) is 0.680. The molecular weight excluding hydrogens is 380 g/mol. The minimum atomic E-state index is -0.591. The maximum atomic E-state index is 12.3. The summed E-state index contributed by atoms with van der Waals surface area (Å²) in [6.07, 6.45) is 1.16. The molecule has 0 N–H and O–H groups in total. The summed E-state index contributed by atoms with van der Waals surface area (Å²) >= 11 is 6.22. The molecular formula is C21H25ClN2O4. The van der Waals surface area contributed by atoms with Crippen LogP contribution in [0.25, 0.3) is 11.1 Å². The Morgan fingerprint density at radius 2 is 1.86 bits per heavy atom. The van der Waals surface area contributed by atoms with E-state index in [9.17, 15) is 9.59 Å². The number of carbonyl (C=O) groups excluding carboxylic acids is 2. The molecule has 2 rings (SSSR count). The summed E-state index contributed by atoms with van der Waals surface area (Å²) in [5, 5.41) is 0.510. The van der Waals surface area contributed by atoms with Gasteiger partial charge in [-0.3, -0.25) is 0 Å². The van der Waals surface area contributed by atoms with Crippen molar-refractivity contribution in [3.05, 3.63) is 52.3 Å². The third-order valence-corrected chi connectivity index (χ3v) is 4.11. The molecule has 0 saturated carbocycles. The minimum Gasteiger partial charge on any atom is -0.464 e. The molecule has 0 aliphatic heterocycles. The number of aryl methyl sites for hydroxylation is 1. The van der Waals surface area contributed by atoms with E-state index in [1.165, 1.54) is 12.0 Å². The molecule has 6 nitrogen and oxygen atoms in total. The predicted molar refractivity (Wildman–Crippen MR) is 108 cm³/mol. The Morgan fingerprint density at radius 3 is 2.46 bits per heavy atom. The second-order valence-electron chi connectivity index (χ2n) is 7.54. The van der Waals surface area contributed by atoms with Crippen molar-refractivity contribution in [1.29, 1.82) is 0 Å². The van der Waals surface area contributed by atoms with E-state index in [1.54, 1.807) is 25.4 Å². The summed E-state index contributed by atoms with van der Waals surface area (Å²) in [5.41, 5.74) is 2.59. The van der Waals surface area contributed by atoms with Gasteiger partial charge in [-0.25, -0.2) is 14.6 Å². The van der Waals surface area contributed by atoms with Crippen LogP contribution in [0, 0.1) is 6.92 Å². The lowest BCUT2D eigenvalue weighted by Gasteiger charge is -2.25. The molecule has 1 amide bonds. The highest BCUT2D eigenvalue weighted by molar-refractivity contribution is 6.31. The van der Waals surface area contributed by atoms with Crippen LogP contribution in [0.3, 0.4) is 0 Å². The number of amides is 1. The Hall–Kier alpha value is -2.60. The van der Waals surface area contributed by atoms with Gasteiger partial charge in [0.25, 0.3) is 0 Å². The van der Waals surface area contributed by atoms with Gasteiger partial charge in [0.05, 0.1) is 7.11 Å². The highest BCUT2D eigenvalue weighted by atomic mass is 35.5. The van der Waals surface area contributed by atoms with Crippen molar-refractivity contribution >= 4 is 23.7 Å². The number of rotatable bonds is 4. The zero-order valence-corrected chi connectivity index (χ0v) is 17.8. The average Bonchev–Trinajstić information content (AvgIpc) is 2.61. The van der Waals surface area contributed by atoms with Crippen molar-refractivity contribution in [3.63, 3.8) is 0 Å². The van der Waals surface area contributed by atoms with E-state index >= 15 is 0 Å². The van der Waals surface area contributed by atoms with Gasteiger partial charge < -0.3 is 14.4 Å². The Bertz CT molecular complexity index is 890. The number of hydrogen-bond donors (Lipinski definition) is 0. The Morgan fingerprint density at radius 1 is 1.18 bits per heavy atom. The van der Waals surface area contributed by atoms with Crippen LogP contribution in [-0.2, 0) is 16.0 Å². The SMILES string of the molecule is COC(=O)c1ncc(C)cc1-c1cc(Cl)ccc1CN(C)C(=O)OC(C)(C)C. The van der Waals surface area contributed by atoms with Crippen LogP contribution < -0.4 is 0 Å². The number of ether oxygens (including phenoxy) is 2. The second-order valence-corrected chi connectivity index (χ2v) is 7.97. The molecule has 0 spiro atoms. The van der Waals surface area contributed by atoms with E-state index in [0.717, 1.165) is 11.1 Å². The van der Waals surface area contributed by atoms with Gasteiger partial charge >= 0.3 is 12.1 Å². The van der Waals surface area contributed by atoms with Gasteiger partial charge in [-0.1, -0.05) is 17.7 Å². The summed E-state index contributed by atoms with van der Waals surface area (Å²) in [4.78, 5) is 30.3. The third kappa shape index (κ3) is 5.45. The summed E-state index contributed by atoms with van der Waals surface area (Å²) in [7, 11) is 2.96. The first kappa shape index (κ1) is 21.7. The standard InChI is InChI=1S/C21H25ClN2O4/c1-13-9-17(18(23-11-13)19(25)27-6)16-10-15(22)8-7-14(16)12-24(5)20(26)28-21(2,3)4/h7-11H,12H2,1-6H3. The Kier molecular flexibility index (Phi) is 6.67. The van der Waals surface area contributed by atoms with E-state index in [2.05, 4.69) is 4.98 Å². The number of methoxy groups -OCH3 is 1. The summed E-state index contributed by atoms with van der Waals surface area (Å²) < 4.78 is 10.3. The fourth-order valence-corrected chi connectivity index (χ4v) is 2.80. The van der Waals surface area contributed by atoms with Crippen LogP contribution in [0.2, 0.25) is 5.02 Å². The summed E-state index contributed by atoms with van der Waals surface area (Å²) in [5.74, 6) is -0.540. The summed E-state index contributed by atoms with van der Waals surface area (Å²) in [6, 6.07) is 7.16. The van der Waals surface area contributed by atoms with Crippen LogP contribution in [0.1, 0.15) is 42.4 Å². The maximum Gasteiger partial charge on any atom is 0.410 e. The van der Waals surface area contributed by atoms with Crippen molar-refractivity contribution in [2.45, 2.75) is 39.8 Å². The number of carbonyl (C=O) groups is 2. The smallest absolute Gasteiger partial charge is 0.410 e. The van der Waals surface area contributed by atoms with Crippen molar-refractivity contribution in [2.75, 3.05) is 14.2 Å². The lowest BCUT2D eigenvalue weighted by atomic mass is 9.97. The van der Waals surface area contributed by atoms with Gasteiger partial charge in [-0.2, -0.15) is 0 Å². The fraction of sp³-hybridized carbons (Fsp3) is 0.381. The number of nitrogens with zero attached hydrogens (tertiary/aromatic N) is 2. The van der Waals surface area contributed by atoms with Gasteiger partial charge in [0.2, 0.25) is 0 Å². The summed E-state index contributed by atoms with van der Waals surface area (Å²) in [6.45, 7) is 7.60. The average molecular weight is 405 g/mol. The molecule has 0 saturated heterocycles. The third-order valence-electron chi connectivity index (χ3n) is 3.88. The van der Waals surface area contributed by atoms with Crippen LogP contribution in [0.5, 0.6) is 0 Å². The van der Waals surface area contributed by atoms with Crippen molar-refractivity contribution in [2.24, 2.45) is 0 Å². The zero-order chi connectivity index (χ0) is 21.1. The van der Waals surface area contributed by atoms with Gasteiger partial charge in [0.1, 0.15) is 5.60 Å². The van der Waals surface area contributed by atoms with Gasteiger partial charge in [-0.05, 0) is 62.6 Å². The van der Waals surface area contributed by atoms with Gasteiger partial charge in [-0.15, -0.1) is 0 Å². The van der Waals surface area contributed by atoms with E-state index in [0.29, 0.717) is 16.1 Å². The van der Waals surface area contributed by atoms with Crippen LogP contribution >= 0.6 is 11.6 Å².